The van der Waals surface area contributed by atoms with Crippen LogP contribution in [0.15, 0.2) is 17.1 Å². The SMILES string of the molecule is C=C1C(C)=NC(=S)NC1C. The molecule has 0 aliphatic carbocycles. The monoisotopic (exact) mass is 154 g/mol. The number of aliphatic imine (C=N–C) groups is 1. The molecule has 0 radical (unpaired) electrons. The fourth-order valence-electron chi connectivity index (χ4n) is 0.842. The molecule has 1 heterocycles. The molecule has 1 aliphatic rings. The van der Waals surface area contributed by atoms with Crippen molar-refractivity contribution in [2.75, 3.05) is 0 Å². The second-order valence-corrected chi connectivity index (χ2v) is 2.78. The van der Waals surface area contributed by atoms with Gasteiger partial charge in [0.2, 0.25) is 0 Å². The Morgan fingerprint density at radius 3 is 2.80 bits per heavy atom. The minimum Gasteiger partial charge on any atom is -0.354 e. The average molecular weight is 154 g/mol. The van der Waals surface area contributed by atoms with E-state index in [1.54, 1.807) is 0 Å². The summed E-state index contributed by atoms with van der Waals surface area (Å²) in [6.07, 6.45) is 0. The van der Waals surface area contributed by atoms with Gasteiger partial charge < -0.3 is 5.32 Å². The standard InChI is InChI=1S/C7H10N2S/c1-4-5(2)8-7(10)9-6(4)3/h5H,1H2,2-3H3,(H,8,10). The normalized spacial score (nSPS) is 25.8. The molecule has 0 fully saturated rings. The van der Waals surface area contributed by atoms with Crippen LogP contribution in [-0.4, -0.2) is 16.9 Å². The number of rotatable bonds is 0. The molecule has 0 bridgehead atoms. The Hall–Kier alpha value is -0.700. The van der Waals surface area contributed by atoms with Crippen molar-refractivity contribution in [1.29, 1.82) is 0 Å². The van der Waals surface area contributed by atoms with Gasteiger partial charge in [0, 0.05) is 5.71 Å². The van der Waals surface area contributed by atoms with Crippen LogP contribution in [0.25, 0.3) is 0 Å². The van der Waals surface area contributed by atoms with E-state index in [1.807, 2.05) is 13.8 Å². The van der Waals surface area contributed by atoms with Crippen LogP contribution in [0.2, 0.25) is 0 Å². The lowest BCUT2D eigenvalue weighted by molar-refractivity contribution is 0.778. The molecule has 0 aromatic rings. The summed E-state index contributed by atoms with van der Waals surface area (Å²) >= 11 is 4.87. The quantitative estimate of drug-likeness (QED) is 0.531. The van der Waals surface area contributed by atoms with Crippen LogP contribution >= 0.6 is 12.2 Å². The van der Waals surface area contributed by atoms with Crippen molar-refractivity contribution in [2.45, 2.75) is 19.9 Å². The fourth-order valence-corrected chi connectivity index (χ4v) is 1.16. The minimum absolute atomic E-state index is 0.241. The highest BCUT2D eigenvalue weighted by atomic mass is 32.1. The molecular weight excluding hydrogens is 144 g/mol. The lowest BCUT2D eigenvalue weighted by atomic mass is 10.1. The number of thiocarbonyl (C=S) groups is 1. The predicted molar refractivity (Wildman–Crippen MR) is 47.4 cm³/mol. The van der Waals surface area contributed by atoms with Gasteiger partial charge in [-0.3, -0.25) is 0 Å². The third-order valence-electron chi connectivity index (χ3n) is 1.60. The summed E-state index contributed by atoms with van der Waals surface area (Å²) in [7, 11) is 0. The van der Waals surface area contributed by atoms with Gasteiger partial charge in [0.25, 0.3) is 0 Å². The molecule has 1 rings (SSSR count). The predicted octanol–water partition coefficient (Wildman–Crippen LogP) is 1.28. The van der Waals surface area contributed by atoms with Crippen LogP contribution < -0.4 is 5.32 Å². The molecule has 0 spiro atoms. The maximum absolute atomic E-state index is 4.87. The first kappa shape index (κ1) is 7.41. The van der Waals surface area contributed by atoms with E-state index in [0.717, 1.165) is 11.3 Å². The third kappa shape index (κ3) is 1.24. The van der Waals surface area contributed by atoms with E-state index in [1.165, 1.54) is 0 Å². The molecule has 0 aromatic carbocycles. The second kappa shape index (κ2) is 2.50. The van der Waals surface area contributed by atoms with E-state index in [2.05, 4.69) is 16.9 Å². The van der Waals surface area contributed by atoms with E-state index in [9.17, 15) is 0 Å². The van der Waals surface area contributed by atoms with Gasteiger partial charge in [0.05, 0.1) is 6.04 Å². The molecule has 3 heteroatoms. The fraction of sp³-hybridized carbons (Fsp3) is 0.429. The van der Waals surface area contributed by atoms with E-state index in [-0.39, 0.29) is 6.04 Å². The van der Waals surface area contributed by atoms with Crippen LogP contribution in [0.1, 0.15) is 13.8 Å². The first-order valence-electron chi connectivity index (χ1n) is 3.16. The summed E-state index contributed by atoms with van der Waals surface area (Å²) in [6, 6.07) is 0.241. The Labute approximate surface area is 66.0 Å². The summed E-state index contributed by atoms with van der Waals surface area (Å²) in [4.78, 5) is 4.05. The summed E-state index contributed by atoms with van der Waals surface area (Å²) in [5, 5.41) is 3.57. The Morgan fingerprint density at radius 1 is 1.70 bits per heavy atom. The molecule has 1 unspecified atom stereocenters. The van der Waals surface area contributed by atoms with Crippen molar-refractivity contribution < 1.29 is 0 Å². The lowest BCUT2D eigenvalue weighted by Crippen LogP contribution is -2.38. The molecule has 10 heavy (non-hydrogen) atoms. The smallest absolute Gasteiger partial charge is 0.193 e. The van der Waals surface area contributed by atoms with Crippen molar-refractivity contribution in [3.05, 3.63) is 12.2 Å². The van der Waals surface area contributed by atoms with Crippen molar-refractivity contribution in [3.8, 4) is 0 Å². The minimum atomic E-state index is 0.241. The van der Waals surface area contributed by atoms with Crippen LogP contribution in [0, 0.1) is 0 Å². The van der Waals surface area contributed by atoms with Crippen molar-refractivity contribution in [1.82, 2.24) is 5.32 Å². The lowest BCUT2D eigenvalue weighted by Gasteiger charge is -2.21. The third-order valence-corrected chi connectivity index (χ3v) is 1.81. The maximum Gasteiger partial charge on any atom is 0.193 e. The Kier molecular flexibility index (Phi) is 1.85. The molecule has 1 aliphatic heterocycles. The zero-order valence-corrected chi connectivity index (χ0v) is 6.96. The Bertz CT molecular complexity index is 218. The van der Waals surface area contributed by atoms with Gasteiger partial charge in [0.15, 0.2) is 5.11 Å². The maximum atomic E-state index is 4.87. The summed E-state index contributed by atoms with van der Waals surface area (Å²) in [5.41, 5.74) is 1.96. The van der Waals surface area contributed by atoms with Gasteiger partial charge in [-0.15, -0.1) is 0 Å². The van der Waals surface area contributed by atoms with Crippen LogP contribution in [0.3, 0.4) is 0 Å². The molecule has 0 amide bonds. The molecule has 0 saturated carbocycles. The van der Waals surface area contributed by atoms with Crippen molar-refractivity contribution >= 4 is 23.0 Å². The van der Waals surface area contributed by atoms with Crippen LogP contribution in [-0.2, 0) is 0 Å². The van der Waals surface area contributed by atoms with Gasteiger partial charge >= 0.3 is 0 Å². The van der Waals surface area contributed by atoms with E-state index in [4.69, 9.17) is 12.2 Å². The molecule has 0 aromatic heterocycles. The highest BCUT2D eigenvalue weighted by Gasteiger charge is 2.15. The van der Waals surface area contributed by atoms with Crippen LogP contribution in [0.5, 0.6) is 0 Å². The Balaban J connectivity index is 2.91. The van der Waals surface area contributed by atoms with Crippen molar-refractivity contribution in [3.63, 3.8) is 0 Å². The number of nitrogens with zero attached hydrogens (tertiary/aromatic N) is 1. The Morgan fingerprint density at radius 2 is 2.30 bits per heavy atom. The van der Waals surface area contributed by atoms with Gasteiger partial charge in [0.1, 0.15) is 0 Å². The number of nitrogens with one attached hydrogen (secondary N) is 1. The van der Waals surface area contributed by atoms with Crippen molar-refractivity contribution in [2.24, 2.45) is 4.99 Å². The molecular formula is C7H10N2S. The molecule has 1 N–H and O–H groups in total. The van der Waals surface area contributed by atoms with Gasteiger partial charge in [-0.2, -0.15) is 0 Å². The topological polar surface area (TPSA) is 24.4 Å². The van der Waals surface area contributed by atoms with Gasteiger partial charge in [-0.25, -0.2) is 4.99 Å². The zero-order valence-electron chi connectivity index (χ0n) is 6.14. The van der Waals surface area contributed by atoms with E-state index in [0.29, 0.717) is 5.11 Å². The van der Waals surface area contributed by atoms with Gasteiger partial charge in [-0.1, -0.05) is 6.58 Å². The average Bonchev–Trinajstić information content (AvgIpc) is 1.82. The van der Waals surface area contributed by atoms with Gasteiger partial charge in [-0.05, 0) is 31.6 Å². The largest absolute Gasteiger partial charge is 0.354 e. The number of hydrogen-bond acceptors (Lipinski definition) is 1. The zero-order chi connectivity index (χ0) is 7.72. The summed E-state index contributed by atoms with van der Waals surface area (Å²) in [5.74, 6) is 0. The molecule has 54 valence electrons. The molecule has 0 saturated heterocycles. The number of hydrogen-bond donors (Lipinski definition) is 1. The van der Waals surface area contributed by atoms with E-state index >= 15 is 0 Å². The summed E-state index contributed by atoms with van der Waals surface area (Å²) in [6.45, 7) is 7.80. The van der Waals surface area contributed by atoms with E-state index < -0.39 is 0 Å². The highest BCUT2D eigenvalue weighted by molar-refractivity contribution is 7.80. The first-order chi connectivity index (χ1) is 4.61. The molecule has 1 atom stereocenters. The second-order valence-electron chi connectivity index (χ2n) is 2.39. The van der Waals surface area contributed by atoms with Crippen LogP contribution in [0.4, 0.5) is 0 Å². The molecule has 2 nitrogen and oxygen atoms in total. The highest BCUT2D eigenvalue weighted by Crippen LogP contribution is 2.07. The summed E-state index contributed by atoms with van der Waals surface area (Å²) < 4.78 is 0. The first-order valence-corrected chi connectivity index (χ1v) is 3.57.